The van der Waals surface area contributed by atoms with Crippen molar-refractivity contribution in [2.24, 2.45) is 0 Å². The van der Waals surface area contributed by atoms with Crippen molar-refractivity contribution in [1.29, 1.82) is 0 Å². The Labute approximate surface area is 107 Å². The number of ether oxygens (including phenoxy) is 2. The van der Waals surface area contributed by atoms with Crippen molar-refractivity contribution < 1.29 is 14.3 Å². The van der Waals surface area contributed by atoms with Crippen molar-refractivity contribution in [1.82, 2.24) is 0 Å². The topological polar surface area (TPSA) is 35.5 Å². The standard InChI is InChI=1S/C13H17ClO3/c1-4-9(7-13(15)17-3)11-8-10(14)5-6-12(11)16-2/h5-6,8-9H,4,7H2,1-3H3. The first-order valence-electron chi connectivity index (χ1n) is 5.52. The Hall–Kier alpha value is -1.22. The third-order valence-corrected chi connectivity index (χ3v) is 3.00. The molecule has 0 aliphatic heterocycles. The molecule has 0 N–H and O–H groups in total. The average molecular weight is 257 g/mol. The summed E-state index contributed by atoms with van der Waals surface area (Å²) in [6.45, 7) is 2.02. The predicted molar refractivity (Wildman–Crippen MR) is 67.7 cm³/mol. The molecule has 3 nitrogen and oxygen atoms in total. The maximum Gasteiger partial charge on any atom is 0.306 e. The van der Waals surface area contributed by atoms with E-state index in [9.17, 15) is 4.79 Å². The minimum atomic E-state index is -0.223. The van der Waals surface area contributed by atoms with Crippen LogP contribution in [0.4, 0.5) is 0 Å². The molecule has 1 atom stereocenters. The van der Waals surface area contributed by atoms with Crippen LogP contribution < -0.4 is 4.74 Å². The van der Waals surface area contributed by atoms with Gasteiger partial charge in [-0.3, -0.25) is 4.79 Å². The smallest absolute Gasteiger partial charge is 0.306 e. The minimum Gasteiger partial charge on any atom is -0.496 e. The monoisotopic (exact) mass is 256 g/mol. The van der Waals surface area contributed by atoms with Gasteiger partial charge in [-0.1, -0.05) is 18.5 Å². The molecule has 0 amide bonds. The van der Waals surface area contributed by atoms with Gasteiger partial charge in [0.25, 0.3) is 0 Å². The lowest BCUT2D eigenvalue weighted by Gasteiger charge is -2.17. The summed E-state index contributed by atoms with van der Waals surface area (Å²) in [7, 11) is 3.00. The van der Waals surface area contributed by atoms with Crippen molar-refractivity contribution in [3.05, 3.63) is 28.8 Å². The van der Waals surface area contributed by atoms with E-state index in [0.29, 0.717) is 11.4 Å². The van der Waals surface area contributed by atoms with Crippen LogP contribution in [0.15, 0.2) is 18.2 Å². The van der Waals surface area contributed by atoms with E-state index in [1.54, 1.807) is 13.2 Å². The van der Waals surface area contributed by atoms with Crippen LogP contribution in [0.5, 0.6) is 5.75 Å². The first-order valence-corrected chi connectivity index (χ1v) is 5.90. The molecule has 0 aliphatic carbocycles. The fourth-order valence-corrected chi connectivity index (χ4v) is 1.96. The van der Waals surface area contributed by atoms with Crippen LogP contribution in [0.1, 0.15) is 31.2 Å². The van der Waals surface area contributed by atoms with E-state index in [1.807, 2.05) is 19.1 Å². The van der Waals surface area contributed by atoms with E-state index < -0.39 is 0 Å². The Morgan fingerprint density at radius 2 is 2.12 bits per heavy atom. The van der Waals surface area contributed by atoms with Crippen LogP contribution in [0.2, 0.25) is 5.02 Å². The van der Waals surface area contributed by atoms with Gasteiger partial charge in [-0.05, 0) is 36.1 Å². The van der Waals surface area contributed by atoms with Crippen molar-refractivity contribution in [2.75, 3.05) is 14.2 Å². The molecule has 0 aromatic heterocycles. The van der Waals surface area contributed by atoms with E-state index >= 15 is 0 Å². The number of rotatable bonds is 5. The molecule has 0 heterocycles. The van der Waals surface area contributed by atoms with Crippen LogP contribution in [-0.2, 0) is 9.53 Å². The Balaban J connectivity index is 3.01. The van der Waals surface area contributed by atoms with Gasteiger partial charge in [-0.2, -0.15) is 0 Å². The molecule has 1 rings (SSSR count). The van der Waals surface area contributed by atoms with E-state index in [4.69, 9.17) is 21.1 Å². The van der Waals surface area contributed by atoms with Crippen LogP contribution in [0.25, 0.3) is 0 Å². The van der Waals surface area contributed by atoms with Gasteiger partial charge >= 0.3 is 5.97 Å². The second kappa shape index (κ2) is 6.50. The van der Waals surface area contributed by atoms with Gasteiger partial charge < -0.3 is 9.47 Å². The lowest BCUT2D eigenvalue weighted by atomic mass is 9.92. The summed E-state index contributed by atoms with van der Waals surface area (Å²) < 4.78 is 9.98. The van der Waals surface area contributed by atoms with Gasteiger partial charge in [-0.25, -0.2) is 0 Å². The number of carbonyl (C=O) groups is 1. The lowest BCUT2D eigenvalue weighted by molar-refractivity contribution is -0.141. The normalized spacial score (nSPS) is 12.0. The zero-order chi connectivity index (χ0) is 12.8. The summed E-state index contributed by atoms with van der Waals surface area (Å²) in [4.78, 5) is 11.3. The average Bonchev–Trinajstić information content (AvgIpc) is 2.35. The molecule has 0 fully saturated rings. The molecular formula is C13H17ClO3. The van der Waals surface area contributed by atoms with Crippen molar-refractivity contribution >= 4 is 17.6 Å². The maximum atomic E-state index is 11.3. The summed E-state index contributed by atoms with van der Waals surface area (Å²) in [5.41, 5.74) is 0.952. The summed E-state index contributed by atoms with van der Waals surface area (Å²) in [6, 6.07) is 5.43. The van der Waals surface area contributed by atoms with E-state index in [-0.39, 0.29) is 11.9 Å². The van der Waals surface area contributed by atoms with Crippen molar-refractivity contribution in [3.63, 3.8) is 0 Å². The number of hydrogen-bond acceptors (Lipinski definition) is 3. The van der Waals surface area contributed by atoms with E-state index in [1.165, 1.54) is 7.11 Å². The SMILES string of the molecule is CCC(CC(=O)OC)c1cc(Cl)ccc1OC. The summed E-state index contributed by atoms with van der Waals surface area (Å²) in [5.74, 6) is 0.597. The molecule has 4 heteroatoms. The zero-order valence-corrected chi connectivity index (χ0v) is 11.1. The molecular weight excluding hydrogens is 240 g/mol. The third-order valence-electron chi connectivity index (χ3n) is 2.77. The fraction of sp³-hybridized carbons (Fsp3) is 0.462. The minimum absolute atomic E-state index is 0.0658. The molecule has 1 aromatic carbocycles. The maximum absolute atomic E-state index is 11.3. The molecule has 0 radical (unpaired) electrons. The molecule has 0 saturated heterocycles. The quantitative estimate of drug-likeness (QED) is 0.758. The molecule has 1 unspecified atom stereocenters. The Bertz CT molecular complexity index is 390. The van der Waals surface area contributed by atoms with Crippen LogP contribution in [-0.4, -0.2) is 20.2 Å². The highest BCUT2D eigenvalue weighted by atomic mass is 35.5. The Morgan fingerprint density at radius 1 is 1.41 bits per heavy atom. The van der Waals surface area contributed by atoms with Gasteiger partial charge in [0.2, 0.25) is 0 Å². The molecule has 1 aromatic rings. The van der Waals surface area contributed by atoms with E-state index in [0.717, 1.165) is 17.7 Å². The molecule has 0 aliphatic rings. The van der Waals surface area contributed by atoms with Crippen LogP contribution in [0.3, 0.4) is 0 Å². The molecule has 0 spiro atoms. The number of halogens is 1. The largest absolute Gasteiger partial charge is 0.496 e. The lowest BCUT2D eigenvalue weighted by Crippen LogP contribution is -2.09. The highest BCUT2D eigenvalue weighted by molar-refractivity contribution is 6.30. The predicted octanol–water partition coefficient (Wildman–Crippen LogP) is 3.41. The number of benzene rings is 1. The molecule has 94 valence electrons. The Kier molecular flexibility index (Phi) is 5.29. The molecule has 0 saturated carbocycles. The van der Waals surface area contributed by atoms with Crippen molar-refractivity contribution in [2.45, 2.75) is 25.7 Å². The second-order valence-electron chi connectivity index (χ2n) is 3.77. The summed E-state index contributed by atoms with van der Waals surface area (Å²) >= 11 is 5.97. The number of esters is 1. The van der Waals surface area contributed by atoms with Crippen molar-refractivity contribution in [3.8, 4) is 5.75 Å². The molecule has 17 heavy (non-hydrogen) atoms. The zero-order valence-electron chi connectivity index (χ0n) is 10.3. The van der Waals surface area contributed by atoms with Gasteiger partial charge in [0.15, 0.2) is 0 Å². The van der Waals surface area contributed by atoms with Crippen LogP contribution in [0, 0.1) is 0 Å². The third kappa shape index (κ3) is 3.63. The highest BCUT2D eigenvalue weighted by Crippen LogP contribution is 2.33. The first kappa shape index (κ1) is 13.8. The summed E-state index contributed by atoms with van der Waals surface area (Å²) in [6.07, 6.45) is 1.16. The van der Waals surface area contributed by atoms with Gasteiger partial charge in [-0.15, -0.1) is 0 Å². The van der Waals surface area contributed by atoms with E-state index in [2.05, 4.69) is 0 Å². The number of carbonyl (C=O) groups excluding carboxylic acids is 1. The van der Waals surface area contributed by atoms with Gasteiger partial charge in [0.1, 0.15) is 5.75 Å². The first-order chi connectivity index (χ1) is 8.12. The van der Waals surface area contributed by atoms with Gasteiger partial charge in [0, 0.05) is 5.02 Å². The number of methoxy groups -OCH3 is 2. The Morgan fingerprint density at radius 3 is 2.65 bits per heavy atom. The fourth-order valence-electron chi connectivity index (χ4n) is 1.78. The highest BCUT2D eigenvalue weighted by Gasteiger charge is 2.18. The summed E-state index contributed by atoms with van der Waals surface area (Å²) in [5, 5.41) is 0.643. The number of hydrogen-bond donors (Lipinski definition) is 0. The second-order valence-corrected chi connectivity index (χ2v) is 4.21. The van der Waals surface area contributed by atoms with Gasteiger partial charge in [0.05, 0.1) is 20.6 Å². The van der Waals surface area contributed by atoms with Crippen LogP contribution >= 0.6 is 11.6 Å². The molecule has 0 bridgehead atoms.